The van der Waals surface area contributed by atoms with Crippen molar-refractivity contribution in [1.82, 2.24) is 10.6 Å². The molecule has 3 amide bonds. The maximum absolute atomic E-state index is 12.4. The first-order valence-corrected chi connectivity index (χ1v) is 9.02. The molecule has 0 fully saturated rings. The molecule has 2 atom stereocenters. The average molecular weight is 369 g/mol. The van der Waals surface area contributed by atoms with Crippen LogP contribution < -0.4 is 16.0 Å². The molecule has 0 saturated carbocycles. The molecule has 1 heterocycles. The smallest absolute Gasteiger partial charge is 0.408 e. The standard InChI is InChI=1S/C17H27N3O4S/c1-10(2)13(20-16(23)24-17(4,5)6)15(22)18-11(3)14(21)19-12-8-7-9-25-12/h7-11,13H,1-6H3,(H,18,22)(H,19,21)(H,20,23)/t11-,13-/m1/s1. The van der Waals surface area contributed by atoms with Crippen LogP contribution in [0.15, 0.2) is 17.5 Å². The Bertz CT molecular complexity index is 594. The maximum atomic E-state index is 12.4. The molecule has 1 aromatic heterocycles. The summed E-state index contributed by atoms with van der Waals surface area (Å²) in [5, 5.41) is 10.5. The van der Waals surface area contributed by atoms with Crippen molar-refractivity contribution in [3.8, 4) is 0 Å². The van der Waals surface area contributed by atoms with E-state index in [1.54, 1.807) is 47.6 Å². The summed E-state index contributed by atoms with van der Waals surface area (Å²) in [6.45, 7) is 10.4. The van der Waals surface area contributed by atoms with E-state index in [1.165, 1.54) is 11.3 Å². The van der Waals surface area contributed by atoms with Crippen molar-refractivity contribution < 1.29 is 19.1 Å². The molecule has 25 heavy (non-hydrogen) atoms. The van der Waals surface area contributed by atoms with Crippen molar-refractivity contribution in [2.45, 2.75) is 59.2 Å². The van der Waals surface area contributed by atoms with E-state index in [0.29, 0.717) is 5.00 Å². The van der Waals surface area contributed by atoms with Crippen molar-refractivity contribution >= 4 is 34.2 Å². The first kappa shape index (κ1) is 21.0. The van der Waals surface area contributed by atoms with Crippen LogP contribution in [0.4, 0.5) is 9.80 Å². The Morgan fingerprint density at radius 2 is 1.72 bits per heavy atom. The molecule has 140 valence electrons. The Kier molecular flexibility index (Phi) is 7.41. The van der Waals surface area contributed by atoms with Crippen LogP contribution in [-0.2, 0) is 14.3 Å². The Labute approximate surface area is 152 Å². The highest BCUT2D eigenvalue weighted by atomic mass is 32.1. The highest BCUT2D eigenvalue weighted by molar-refractivity contribution is 7.14. The summed E-state index contributed by atoms with van der Waals surface area (Å²) >= 11 is 1.39. The third kappa shape index (κ3) is 7.55. The lowest BCUT2D eigenvalue weighted by Crippen LogP contribution is -2.54. The molecule has 0 bridgehead atoms. The molecule has 0 aliphatic heterocycles. The lowest BCUT2D eigenvalue weighted by atomic mass is 10.0. The van der Waals surface area contributed by atoms with Gasteiger partial charge in [0.1, 0.15) is 17.7 Å². The molecule has 0 spiro atoms. The van der Waals surface area contributed by atoms with E-state index in [9.17, 15) is 14.4 Å². The molecule has 0 unspecified atom stereocenters. The van der Waals surface area contributed by atoms with Crippen LogP contribution in [0.1, 0.15) is 41.5 Å². The molecule has 0 saturated heterocycles. The van der Waals surface area contributed by atoms with Gasteiger partial charge in [-0.3, -0.25) is 9.59 Å². The van der Waals surface area contributed by atoms with Gasteiger partial charge in [0.2, 0.25) is 11.8 Å². The third-order valence-corrected chi connectivity index (χ3v) is 3.93. The van der Waals surface area contributed by atoms with Gasteiger partial charge in [0, 0.05) is 0 Å². The van der Waals surface area contributed by atoms with Crippen LogP contribution in [0.25, 0.3) is 0 Å². The highest BCUT2D eigenvalue weighted by Gasteiger charge is 2.28. The Hall–Kier alpha value is -2.09. The summed E-state index contributed by atoms with van der Waals surface area (Å²) in [5.41, 5.74) is -0.657. The number of hydrogen-bond acceptors (Lipinski definition) is 5. The van der Waals surface area contributed by atoms with Gasteiger partial charge in [-0.25, -0.2) is 4.79 Å². The van der Waals surface area contributed by atoms with Crippen LogP contribution in [0.3, 0.4) is 0 Å². The lowest BCUT2D eigenvalue weighted by Gasteiger charge is -2.26. The fraction of sp³-hybridized carbons (Fsp3) is 0.588. The van der Waals surface area contributed by atoms with Gasteiger partial charge in [0.05, 0.1) is 5.00 Å². The van der Waals surface area contributed by atoms with Gasteiger partial charge < -0.3 is 20.7 Å². The van der Waals surface area contributed by atoms with Crippen LogP contribution >= 0.6 is 11.3 Å². The molecule has 7 nitrogen and oxygen atoms in total. The van der Waals surface area contributed by atoms with Crippen LogP contribution in [-0.4, -0.2) is 35.6 Å². The van der Waals surface area contributed by atoms with Crippen molar-refractivity contribution in [1.29, 1.82) is 0 Å². The molecule has 0 radical (unpaired) electrons. The number of nitrogens with one attached hydrogen (secondary N) is 3. The van der Waals surface area contributed by atoms with Gasteiger partial charge in [-0.2, -0.15) is 0 Å². The topological polar surface area (TPSA) is 96.5 Å². The lowest BCUT2D eigenvalue weighted by molar-refractivity contribution is -0.128. The molecule has 0 aliphatic rings. The number of ether oxygens (including phenoxy) is 1. The molecule has 1 aromatic rings. The number of amides is 3. The SMILES string of the molecule is CC(C)[C@@H](NC(=O)OC(C)(C)C)C(=O)N[C@H](C)C(=O)Nc1cccs1. The zero-order chi connectivity index (χ0) is 19.2. The van der Waals surface area contributed by atoms with Gasteiger partial charge in [-0.05, 0) is 51.1 Å². The van der Waals surface area contributed by atoms with E-state index in [1.807, 2.05) is 11.4 Å². The second-order valence-corrected chi connectivity index (χ2v) is 8.01. The fourth-order valence-electron chi connectivity index (χ4n) is 1.92. The van der Waals surface area contributed by atoms with E-state index in [0.717, 1.165) is 0 Å². The predicted molar refractivity (Wildman–Crippen MR) is 98.5 cm³/mol. The summed E-state index contributed by atoms with van der Waals surface area (Å²) in [5.74, 6) is -0.926. The quantitative estimate of drug-likeness (QED) is 0.718. The van der Waals surface area contributed by atoms with Gasteiger partial charge in [0.15, 0.2) is 0 Å². The van der Waals surface area contributed by atoms with Crippen LogP contribution in [0.5, 0.6) is 0 Å². The van der Waals surface area contributed by atoms with E-state index in [-0.39, 0.29) is 11.8 Å². The second kappa shape index (κ2) is 8.84. The number of thiophene rings is 1. The molecule has 3 N–H and O–H groups in total. The van der Waals surface area contributed by atoms with E-state index < -0.39 is 29.7 Å². The number of anilines is 1. The summed E-state index contributed by atoms with van der Waals surface area (Å²) in [4.78, 5) is 36.5. The number of carbonyl (C=O) groups is 3. The van der Waals surface area contributed by atoms with Crippen molar-refractivity contribution in [2.75, 3.05) is 5.32 Å². The molecule has 0 aliphatic carbocycles. The van der Waals surface area contributed by atoms with Gasteiger partial charge in [0.25, 0.3) is 0 Å². The number of alkyl carbamates (subject to hydrolysis) is 1. The largest absolute Gasteiger partial charge is 0.444 e. The summed E-state index contributed by atoms with van der Waals surface area (Å²) in [7, 11) is 0. The molecule has 1 rings (SSSR count). The number of carbonyl (C=O) groups excluding carboxylic acids is 3. The zero-order valence-corrected chi connectivity index (χ0v) is 16.3. The summed E-state index contributed by atoms with van der Waals surface area (Å²) in [6.07, 6.45) is -0.669. The number of rotatable bonds is 6. The minimum atomic E-state index is -0.799. The molecule has 0 aromatic carbocycles. The number of hydrogen-bond donors (Lipinski definition) is 3. The zero-order valence-electron chi connectivity index (χ0n) is 15.5. The molecular formula is C17H27N3O4S. The van der Waals surface area contributed by atoms with Crippen LogP contribution in [0, 0.1) is 5.92 Å². The molecular weight excluding hydrogens is 342 g/mol. The van der Waals surface area contributed by atoms with Crippen molar-refractivity contribution in [3.63, 3.8) is 0 Å². The van der Waals surface area contributed by atoms with Crippen molar-refractivity contribution in [2.24, 2.45) is 5.92 Å². The van der Waals surface area contributed by atoms with Crippen LogP contribution in [0.2, 0.25) is 0 Å². The van der Waals surface area contributed by atoms with E-state index >= 15 is 0 Å². The van der Waals surface area contributed by atoms with Crippen molar-refractivity contribution in [3.05, 3.63) is 17.5 Å². The Balaban J connectivity index is 2.63. The van der Waals surface area contributed by atoms with Gasteiger partial charge in [-0.15, -0.1) is 11.3 Å². The Morgan fingerprint density at radius 1 is 1.08 bits per heavy atom. The fourth-order valence-corrected chi connectivity index (χ4v) is 2.54. The second-order valence-electron chi connectivity index (χ2n) is 7.06. The third-order valence-electron chi connectivity index (χ3n) is 3.14. The monoisotopic (exact) mass is 369 g/mol. The molecule has 8 heteroatoms. The first-order valence-electron chi connectivity index (χ1n) is 8.14. The minimum absolute atomic E-state index is 0.167. The maximum Gasteiger partial charge on any atom is 0.408 e. The van der Waals surface area contributed by atoms with E-state index in [4.69, 9.17) is 4.74 Å². The highest BCUT2D eigenvalue weighted by Crippen LogP contribution is 2.15. The summed E-state index contributed by atoms with van der Waals surface area (Å²) in [6, 6.07) is 2.06. The summed E-state index contributed by atoms with van der Waals surface area (Å²) < 4.78 is 5.18. The minimum Gasteiger partial charge on any atom is -0.444 e. The first-order chi connectivity index (χ1) is 11.5. The van der Waals surface area contributed by atoms with E-state index in [2.05, 4.69) is 16.0 Å². The van der Waals surface area contributed by atoms with Gasteiger partial charge >= 0.3 is 6.09 Å². The van der Waals surface area contributed by atoms with Gasteiger partial charge in [-0.1, -0.05) is 13.8 Å². The normalized spacial score (nSPS) is 13.7. The predicted octanol–water partition coefficient (Wildman–Crippen LogP) is 2.74. The average Bonchev–Trinajstić information content (AvgIpc) is 2.95. The Morgan fingerprint density at radius 3 is 2.20 bits per heavy atom.